The molecular formula is C19H19N3O3S. The van der Waals surface area contributed by atoms with E-state index >= 15 is 0 Å². The highest BCUT2D eigenvalue weighted by molar-refractivity contribution is 7.13. The molecule has 0 saturated heterocycles. The first-order valence-corrected chi connectivity index (χ1v) is 9.29. The van der Waals surface area contributed by atoms with E-state index in [9.17, 15) is 9.59 Å². The van der Waals surface area contributed by atoms with Gasteiger partial charge in [-0.25, -0.2) is 0 Å². The zero-order valence-corrected chi connectivity index (χ0v) is 15.2. The van der Waals surface area contributed by atoms with Gasteiger partial charge in [-0.05, 0) is 23.4 Å². The number of hydrogen-bond acceptors (Lipinski definition) is 6. The van der Waals surface area contributed by atoms with E-state index in [-0.39, 0.29) is 31.1 Å². The van der Waals surface area contributed by atoms with Gasteiger partial charge >= 0.3 is 0 Å². The Hall–Kier alpha value is -2.80. The number of carbonyl (C=O) groups is 2. The van der Waals surface area contributed by atoms with Crippen LogP contribution in [0.5, 0.6) is 0 Å². The maximum Gasteiger partial charge on any atom is 0.268 e. The van der Waals surface area contributed by atoms with E-state index in [1.807, 2.05) is 41.8 Å². The second-order valence-electron chi connectivity index (χ2n) is 5.74. The first-order valence-electron chi connectivity index (χ1n) is 8.41. The Labute approximate surface area is 155 Å². The molecule has 0 aliphatic carbocycles. The van der Waals surface area contributed by atoms with Crippen LogP contribution in [0.25, 0.3) is 10.8 Å². The van der Waals surface area contributed by atoms with Crippen LogP contribution >= 0.6 is 11.3 Å². The van der Waals surface area contributed by atoms with Gasteiger partial charge in [0.15, 0.2) is 11.6 Å². The standard InChI is InChI=1S/C19H19N3O3S/c1-2-13-5-7-14(8-6-13)15(23)9-10-18(24)20-12-17-21-19(25-22-17)16-4-3-11-26-16/h3-8,11H,2,9-10,12H2,1H3,(H,20,24). The summed E-state index contributed by atoms with van der Waals surface area (Å²) < 4.78 is 5.16. The van der Waals surface area contributed by atoms with Crippen LogP contribution < -0.4 is 5.32 Å². The number of rotatable bonds is 8. The molecule has 1 aromatic carbocycles. The van der Waals surface area contributed by atoms with Gasteiger partial charge in [-0.15, -0.1) is 11.3 Å². The van der Waals surface area contributed by atoms with E-state index in [2.05, 4.69) is 22.4 Å². The fourth-order valence-electron chi connectivity index (χ4n) is 2.39. The van der Waals surface area contributed by atoms with Crippen molar-refractivity contribution in [1.29, 1.82) is 0 Å². The number of aromatic nitrogens is 2. The predicted octanol–water partition coefficient (Wildman–Crippen LogP) is 3.64. The molecule has 0 bridgehead atoms. The molecule has 0 atom stereocenters. The molecule has 3 rings (SSSR count). The molecule has 7 heteroatoms. The van der Waals surface area contributed by atoms with Crippen LogP contribution in [0.15, 0.2) is 46.3 Å². The Balaban J connectivity index is 1.44. The molecule has 1 amide bonds. The van der Waals surface area contributed by atoms with Crippen LogP contribution in [0.4, 0.5) is 0 Å². The molecule has 0 saturated carbocycles. The van der Waals surface area contributed by atoms with Crippen molar-refractivity contribution in [3.8, 4) is 10.8 Å². The topological polar surface area (TPSA) is 85.1 Å². The highest BCUT2D eigenvalue weighted by Crippen LogP contribution is 2.22. The summed E-state index contributed by atoms with van der Waals surface area (Å²) in [5, 5.41) is 8.48. The van der Waals surface area contributed by atoms with Crippen LogP contribution in [-0.4, -0.2) is 21.8 Å². The fourth-order valence-corrected chi connectivity index (χ4v) is 3.03. The van der Waals surface area contributed by atoms with Crippen LogP contribution in [-0.2, 0) is 17.8 Å². The molecule has 0 fully saturated rings. The van der Waals surface area contributed by atoms with Crippen LogP contribution in [0.1, 0.15) is 41.5 Å². The van der Waals surface area contributed by atoms with E-state index in [0.717, 1.165) is 11.3 Å². The van der Waals surface area contributed by atoms with Crippen molar-refractivity contribution in [2.24, 2.45) is 0 Å². The van der Waals surface area contributed by atoms with Crippen LogP contribution in [0.2, 0.25) is 0 Å². The number of Topliss-reactive ketones (excluding diaryl/α,β-unsaturated/α-hetero) is 1. The number of ketones is 1. The monoisotopic (exact) mass is 369 g/mol. The zero-order valence-electron chi connectivity index (χ0n) is 14.4. The quantitative estimate of drug-likeness (QED) is 0.613. The highest BCUT2D eigenvalue weighted by atomic mass is 32.1. The van der Waals surface area contributed by atoms with E-state index < -0.39 is 0 Å². The largest absolute Gasteiger partial charge is 0.349 e. The third-order valence-corrected chi connectivity index (χ3v) is 4.76. The van der Waals surface area contributed by atoms with Crippen molar-refractivity contribution in [2.45, 2.75) is 32.7 Å². The summed E-state index contributed by atoms with van der Waals surface area (Å²) >= 11 is 1.50. The molecule has 0 aliphatic heterocycles. The summed E-state index contributed by atoms with van der Waals surface area (Å²) in [6.07, 6.45) is 1.23. The van der Waals surface area contributed by atoms with Crippen LogP contribution in [0, 0.1) is 0 Å². The molecule has 3 aromatic rings. The van der Waals surface area contributed by atoms with Gasteiger partial charge in [0.2, 0.25) is 5.91 Å². The van der Waals surface area contributed by atoms with Gasteiger partial charge in [0, 0.05) is 18.4 Å². The summed E-state index contributed by atoms with van der Waals surface area (Å²) in [6, 6.07) is 11.3. The smallest absolute Gasteiger partial charge is 0.268 e. The Morgan fingerprint density at radius 1 is 1.15 bits per heavy atom. The highest BCUT2D eigenvalue weighted by Gasteiger charge is 2.12. The molecular weight excluding hydrogens is 350 g/mol. The summed E-state index contributed by atoms with van der Waals surface area (Å²) in [4.78, 5) is 29.2. The predicted molar refractivity (Wildman–Crippen MR) is 98.8 cm³/mol. The van der Waals surface area contributed by atoms with Crippen molar-refractivity contribution in [3.63, 3.8) is 0 Å². The average Bonchev–Trinajstić information content (AvgIpc) is 3.36. The number of nitrogens with zero attached hydrogens (tertiary/aromatic N) is 2. The number of hydrogen-bond donors (Lipinski definition) is 1. The van der Waals surface area contributed by atoms with Gasteiger partial charge in [0.25, 0.3) is 5.89 Å². The van der Waals surface area contributed by atoms with Gasteiger partial charge in [-0.3, -0.25) is 9.59 Å². The molecule has 2 heterocycles. The number of thiophene rings is 1. The minimum Gasteiger partial charge on any atom is -0.349 e. The van der Waals surface area contributed by atoms with Gasteiger partial charge in [0.1, 0.15) is 0 Å². The van der Waals surface area contributed by atoms with E-state index in [1.54, 1.807) is 0 Å². The van der Waals surface area contributed by atoms with Gasteiger partial charge in [0.05, 0.1) is 11.4 Å². The fraction of sp³-hybridized carbons (Fsp3) is 0.263. The lowest BCUT2D eigenvalue weighted by atomic mass is 10.0. The first-order chi connectivity index (χ1) is 12.7. The first kappa shape index (κ1) is 18.0. The van der Waals surface area contributed by atoms with E-state index in [0.29, 0.717) is 17.3 Å². The van der Waals surface area contributed by atoms with Crippen molar-refractivity contribution in [3.05, 3.63) is 58.7 Å². The minimum absolute atomic E-state index is 0.0395. The maximum atomic E-state index is 12.1. The summed E-state index contributed by atoms with van der Waals surface area (Å²) in [5.41, 5.74) is 1.81. The van der Waals surface area contributed by atoms with Crippen molar-refractivity contribution in [1.82, 2.24) is 15.5 Å². The van der Waals surface area contributed by atoms with Crippen molar-refractivity contribution in [2.75, 3.05) is 0 Å². The lowest BCUT2D eigenvalue weighted by Crippen LogP contribution is -2.23. The van der Waals surface area contributed by atoms with Gasteiger partial charge in [-0.1, -0.05) is 42.4 Å². The number of amides is 1. The number of aryl methyl sites for hydroxylation is 1. The lowest BCUT2D eigenvalue weighted by molar-refractivity contribution is -0.121. The summed E-state index contributed by atoms with van der Waals surface area (Å²) in [6.45, 7) is 2.24. The molecule has 0 unspecified atom stereocenters. The second kappa shape index (κ2) is 8.53. The third-order valence-electron chi connectivity index (χ3n) is 3.91. The molecule has 26 heavy (non-hydrogen) atoms. The van der Waals surface area contributed by atoms with E-state index in [4.69, 9.17) is 4.52 Å². The molecule has 0 radical (unpaired) electrons. The Bertz CT molecular complexity index is 870. The number of nitrogens with one attached hydrogen (secondary N) is 1. The molecule has 0 spiro atoms. The third kappa shape index (κ3) is 4.64. The summed E-state index contributed by atoms with van der Waals surface area (Å²) in [7, 11) is 0. The Kier molecular flexibility index (Phi) is 5.91. The maximum absolute atomic E-state index is 12.1. The Morgan fingerprint density at radius 3 is 2.65 bits per heavy atom. The van der Waals surface area contributed by atoms with Crippen molar-refractivity contribution >= 4 is 23.0 Å². The summed E-state index contributed by atoms with van der Waals surface area (Å²) in [5.74, 6) is 0.589. The molecule has 1 N–H and O–H groups in total. The lowest BCUT2D eigenvalue weighted by Gasteiger charge is -2.03. The van der Waals surface area contributed by atoms with Gasteiger partial charge < -0.3 is 9.84 Å². The second-order valence-corrected chi connectivity index (χ2v) is 6.69. The SMILES string of the molecule is CCc1ccc(C(=O)CCC(=O)NCc2noc(-c3cccs3)n2)cc1. The Morgan fingerprint density at radius 2 is 1.96 bits per heavy atom. The minimum atomic E-state index is -0.217. The molecule has 0 aliphatic rings. The number of carbonyl (C=O) groups excluding carboxylic acids is 2. The molecule has 134 valence electrons. The van der Waals surface area contributed by atoms with E-state index in [1.165, 1.54) is 16.9 Å². The van der Waals surface area contributed by atoms with Gasteiger partial charge in [-0.2, -0.15) is 4.98 Å². The van der Waals surface area contributed by atoms with Crippen LogP contribution in [0.3, 0.4) is 0 Å². The molecule has 2 aromatic heterocycles. The average molecular weight is 369 g/mol. The zero-order chi connectivity index (χ0) is 18.4. The van der Waals surface area contributed by atoms with Crippen molar-refractivity contribution < 1.29 is 14.1 Å². The molecule has 6 nitrogen and oxygen atoms in total. The normalized spacial score (nSPS) is 10.7. The number of benzene rings is 1.